The number of carbonyl (C=O) groups is 1. The van der Waals surface area contributed by atoms with Crippen molar-refractivity contribution in [2.45, 2.75) is 43.4 Å². The molecule has 1 N–H and O–H groups in total. The Balaban J connectivity index is 1.68. The van der Waals surface area contributed by atoms with Gasteiger partial charge in [0.25, 0.3) is 5.03 Å². The van der Waals surface area contributed by atoms with Gasteiger partial charge in [-0.2, -0.15) is 0 Å². The Hall–Kier alpha value is -3.20. The standard InChI is InChI=1S/C23H27N3O5S/c1-4-6-15-30-19-11-7-16(8-12-19)24-21(27)20(5-2)32-22-23(28)31-25-26(22)17-9-13-18(29-3)14-10-17/h7-14,20H,4-6,15H2,1-3H3,(H-,24,25,27,28). The number of amides is 1. The second-order valence-electron chi connectivity index (χ2n) is 7.01. The van der Waals surface area contributed by atoms with Crippen molar-refractivity contribution in [1.82, 2.24) is 5.27 Å². The van der Waals surface area contributed by atoms with Crippen LogP contribution < -0.4 is 24.6 Å². The molecule has 0 aliphatic rings. The number of hydrogen-bond donors (Lipinski definition) is 1. The van der Waals surface area contributed by atoms with Crippen LogP contribution in [0.4, 0.5) is 5.69 Å². The van der Waals surface area contributed by atoms with Crippen LogP contribution >= 0.6 is 11.8 Å². The minimum absolute atomic E-state index is 0.209. The first kappa shape index (κ1) is 23.5. The lowest BCUT2D eigenvalue weighted by Crippen LogP contribution is -2.36. The van der Waals surface area contributed by atoms with Gasteiger partial charge in [-0.3, -0.25) is 4.79 Å². The van der Waals surface area contributed by atoms with Crippen molar-refractivity contribution in [2.75, 3.05) is 19.0 Å². The third kappa shape index (κ3) is 5.94. The van der Waals surface area contributed by atoms with Gasteiger partial charge < -0.3 is 24.4 Å². The van der Waals surface area contributed by atoms with Gasteiger partial charge >= 0.3 is 0 Å². The summed E-state index contributed by atoms with van der Waals surface area (Å²) >= 11 is 1.12. The molecule has 1 unspecified atom stereocenters. The predicted octanol–water partition coefficient (Wildman–Crippen LogP) is 3.72. The van der Waals surface area contributed by atoms with Crippen LogP contribution in [-0.2, 0) is 4.79 Å². The highest BCUT2D eigenvalue weighted by Gasteiger charge is 2.28. The molecule has 0 spiro atoms. The molecule has 3 aromatic rings. The molecule has 0 radical (unpaired) electrons. The zero-order valence-electron chi connectivity index (χ0n) is 18.4. The quantitative estimate of drug-likeness (QED) is 0.266. The van der Waals surface area contributed by atoms with Crippen LogP contribution in [0.5, 0.6) is 17.4 Å². The van der Waals surface area contributed by atoms with Crippen molar-refractivity contribution in [1.29, 1.82) is 0 Å². The summed E-state index contributed by atoms with van der Waals surface area (Å²) in [6.45, 7) is 4.66. The molecular formula is C23H27N3O5S. The number of hydrogen-bond acceptors (Lipinski definition) is 7. The maximum absolute atomic E-state index is 12.9. The number of thioether (sulfide) groups is 1. The van der Waals surface area contributed by atoms with E-state index in [1.165, 1.54) is 4.68 Å². The maximum atomic E-state index is 12.9. The zero-order chi connectivity index (χ0) is 22.9. The number of unbranched alkanes of at least 4 members (excludes halogenated alkanes) is 1. The van der Waals surface area contributed by atoms with Gasteiger partial charge in [-0.15, -0.1) is 0 Å². The highest BCUT2D eigenvalue weighted by atomic mass is 32.2. The molecule has 170 valence electrons. The summed E-state index contributed by atoms with van der Waals surface area (Å²) in [6.07, 6.45) is 2.58. The molecule has 32 heavy (non-hydrogen) atoms. The van der Waals surface area contributed by atoms with Crippen molar-refractivity contribution in [3.8, 4) is 23.1 Å². The van der Waals surface area contributed by atoms with Gasteiger partial charge in [0.05, 0.1) is 24.2 Å². The number of ether oxygens (including phenoxy) is 2. The van der Waals surface area contributed by atoms with Crippen LogP contribution in [0.3, 0.4) is 0 Å². The Bertz CT molecular complexity index is 1010. The van der Waals surface area contributed by atoms with Gasteiger partial charge in [0, 0.05) is 17.8 Å². The van der Waals surface area contributed by atoms with Crippen molar-refractivity contribution in [3.05, 3.63) is 48.5 Å². The van der Waals surface area contributed by atoms with E-state index in [1.807, 2.05) is 19.1 Å². The molecule has 1 amide bonds. The second-order valence-corrected chi connectivity index (χ2v) is 8.20. The van der Waals surface area contributed by atoms with E-state index in [0.717, 1.165) is 30.4 Å². The Morgan fingerprint density at radius 2 is 1.84 bits per heavy atom. The molecule has 3 rings (SSSR count). The summed E-state index contributed by atoms with van der Waals surface area (Å²) < 4.78 is 17.1. The minimum atomic E-state index is -0.592. The van der Waals surface area contributed by atoms with Gasteiger partial charge in [-0.05, 0) is 65.7 Å². The maximum Gasteiger partial charge on any atom is 0.298 e. The highest BCUT2D eigenvalue weighted by molar-refractivity contribution is 8.00. The number of nitrogens with one attached hydrogen (secondary N) is 1. The van der Waals surface area contributed by atoms with Crippen molar-refractivity contribution < 1.29 is 28.6 Å². The topological polar surface area (TPSA) is 101 Å². The number of aromatic nitrogens is 2. The van der Waals surface area contributed by atoms with E-state index < -0.39 is 11.2 Å². The molecule has 1 atom stereocenters. The molecular weight excluding hydrogens is 430 g/mol. The number of benzene rings is 2. The number of methoxy groups -OCH3 is 1. The fourth-order valence-electron chi connectivity index (χ4n) is 2.87. The van der Waals surface area contributed by atoms with Gasteiger partial charge in [0.2, 0.25) is 11.6 Å². The molecule has 9 heteroatoms. The molecule has 1 heterocycles. The van der Waals surface area contributed by atoms with Crippen LogP contribution in [0.1, 0.15) is 33.1 Å². The lowest BCUT2D eigenvalue weighted by atomic mass is 10.2. The molecule has 0 saturated carbocycles. The molecule has 8 nitrogen and oxygen atoms in total. The number of carbonyl (C=O) groups excluding carboxylic acids is 1. The van der Waals surface area contributed by atoms with Crippen LogP contribution in [0, 0.1) is 0 Å². The second kappa shape index (κ2) is 11.4. The fourth-order valence-corrected chi connectivity index (χ4v) is 3.85. The monoisotopic (exact) mass is 457 g/mol. The summed E-state index contributed by atoms with van der Waals surface area (Å²) in [7, 11) is 1.58. The lowest BCUT2D eigenvalue weighted by Gasteiger charge is -2.13. The van der Waals surface area contributed by atoms with E-state index in [1.54, 1.807) is 43.5 Å². The number of rotatable bonds is 11. The Kier molecular flexibility index (Phi) is 8.38. The van der Waals surface area contributed by atoms with Crippen molar-refractivity contribution >= 4 is 23.4 Å². The van der Waals surface area contributed by atoms with Crippen LogP contribution in [-0.4, -0.2) is 30.1 Å². The summed E-state index contributed by atoms with van der Waals surface area (Å²) in [6, 6.07) is 14.3. The first-order chi connectivity index (χ1) is 15.5. The van der Waals surface area contributed by atoms with Gasteiger partial charge in [0.1, 0.15) is 11.5 Å². The average molecular weight is 458 g/mol. The molecule has 0 saturated heterocycles. The fraction of sp³-hybridized carbons (Fsp3) is 0.348. The van der Waals surface area contributed by atoms with Crippen molar-refractivity contribution in [3.63, 3.8) is 0 Å². The predicted molar refractivity (Wildman–Crippen MR) is 119 cm³/mol. The van der Waals surface area contributed by atoms with Gasteiger partial charge in [0.15, 0.2) is 5.95 Å². The van der Waals surface area contributed by atoms with E-state index in [2.05, 4.69) is 17.5 Å². The van der Waals surface area contributed by atoms with Gasteiger partial charge in [-0.25, -0.2) is 0 Å². The minimum Gasteiger partial charge on any atom is -0.538 e. The Morgan fingerprint density at radius 1 is 1.16 bits per heavy atom. The Morgan fingerprint density at radius 3 is 2.47 bits per heavy atom. The first-order valence-corrected chi connectivity index (χ1v) is 11.4. The summed E-state index contributed by atoms with van der Waals surface area (Å²) in [5.41, 5.74) is 1.29. The van der Waals surface area contributed by atoms with Crippen molar-refractivity contribution in [2.24, 2.45) is 0 Å². The summed E-state index contributed by atoms with van der Waals surface area (Å²) in [4.78, 5) is 12.9. The molecule has 2 aromatic carbocycles. The van der Waals surface area contributed by atoms with E-state index >= 15 is 0 Å². The summed E-state index contributed by atoms with van der Waals surface area (Å²) in [5, 5.41) is 18.7. The van der Waals surface area contributed by atoms with E-state index in [0.29, 0.717) is 30.2 Å². The highest BCUT2D eigenvalue weighted by Crippen LogP contribution is 2.30. The van der Waals surface area contributed by atoms with E-state index in [-0.39, 0.29) is 10.9 Å². The largest absolute Gasteiger partial charge is 0.538 e. The summed E-state index contributed by atoms with van der Waals surface area (Å²) in [5.74, 6) is 0.644. The molecule has 0 aliphatic heterocycles. The average Bonchev–Trinajstić information content (AvgIpc) is 3.18. The van der Waals surface area contributed by atoms with E-state index in [4.69, 9.17) is 14.0 Å². The molecule has 0 bridgehead atoms. The van der Waals surface area contributed by atoms with E-state index in [9.17, 15) is 9.90 Å². The van der Waals surface area contributed by atoms with Gasteiger partial charge in [-0.1, -0.05) is 20.3 Å². The van der Waals surface area contributed by atoms with Crippen LogP contribution in [0.15, 0.2) is 58.1 Å². The lowest BCUT2D eigenvalue weighted by molar-refractivity contribution is -0.705. The normalized spacial score (nSPS) is 11.7. The SMILES string of the molecule is CCCCOc1ccc(NC(=O)C(CC)Sc2c([O-])on[n+]2-c2ccc(OC)cc2)cc1. The zero-order valence-corrected chi connectivity index (χ0v) is 19.2. The number of anilines is 1. The molecule has 0 aliphatic carbocycles. The molecule has 0 fully saturated rings. The molecule has 1 aromatic heterocycles. The smallest absolute Gasteiger partial charge is 0.298 e. The third-order valence-electron chi connectivity index (χ3n) is 4.69. The number of nitrogens with zero attached hydrogens (tertiary/aromatic N) is 2. The third-order valence-corrected chi connectivity index (χ3v) is 6.09. The first-order valence-electron chi connectivity index (χ1n) is 10.5. The van der Waals surface area contributed by atoms with Crippen LogP contribution in [0.25, 0.3) is 5.69 Å². The van der Waals surface area contributed by atoms with Crippen LogP contribution in [0.2, 0.25) is 0 Å². The Labute approximate surface area is 191 Å².